The van der Waals surface area contributed by atoms with Crippen LogP contribution in [0.3, 0.4) is 0 Å². The Kier molecular flexibility index (Phi) is 4.07. The first-order valence-electron chi connectivity index (χ1n) is 6.21. The van der Waals surface area contributed by atoms with Crippen molar-refractivity contribution in [2.45, 2.75) is 0 Å². The third-order valence-corrected chi connectivity index (χ3v) is 2.87. The van der Waals surface area contributed by atoms with Crippen LogP contribution in [0.2, 0.25) is 0 Å². The van der Waals surface area contributed by atoms with Crippen LogP contribution < -0.4 is 16.0 Å². The molecule has 0 heterocycles. The van der Waals surface area contributed by atoms with Gasteiger partial charge in [-0.3, -0.25) is 4.79 Å². The topological polar surface area (TPSA) is 58.4 Å². The lowest BCUT2D eigenvalue weighted by atomic mass is 10.1. The van der Waals surface area contributed by atoms with Gasteiger partial charge in [-0.1, -0.05) is 0 Å². The molecule has 3 N–H and O–H groups in total. The Labute approximate surface area is 121 Å². The number of rotatable bonds is 3. The normalized spacial score (nSPS) is 10.3. The zero-order valence-corrected chi connectivity index (χ0v) is 11.7. The highest BCUT2D eigenvalue weighted by Crippen LogP contribution is 2.23. The van der Waals surface area contributed by atoms with Crippen molar-refractivity contribution in [1.82, 2.24) is 0 Å². The second-order valence-corrected chi connectivity index (χ2v) is 4.78. The van der Waals surface area contributed by atoms with Crippen LogP contribution in [-0.4, -0.2) is 20.0 Å². The SMILES string of the molecule is CN(C)c1ccc(N)cc1C(=O)Nc1cc(F)cc(F)c1. The summed E-state index contributed by atoms with van der Waals surface area (Å²) in [6, 6.07) is 7.72. The first-order chi connectivity index (χ1) is 9.86. The van der Waals surface area contributed by atoms with E-state index >= 15 is 0 Å². The van der Waals surface area contributed by atoms with Crippen molar-refractivity contribution in [2.24, 2.45) is 0 Å². The monoisotopic (exact) mass is 291 g/mol. The van der Waals surface area contributed by atoms with Crippen LogP contribution in [-0.2, 0) is 0 Å². The number of anilines is 3. The summed E-state index contributed by atoms with van der Waals surface area (Å²) in [5.41, 5.74) is 7.14. The highest BCUT2D eigenvalue weighted by molar-refractivity contribution is 6.08. The predicted octanol–water partition coefficient (Wildman–Crippen LogP) is 2.87. The van der Waals surface area contributed by atoms with E-state index in [4.69, 9.17) is 5.73 Å². The Balaban J connectivity index is 2.34. The Bertz CT molecular complexity index is 666. The lowest BCUT2D eigenvalue weighted by Crippen LogP contribution is -2.19. The first-order valence-corrected chi connectivity index (χ1v) is 6.21. The van der Waals surface area contributed by atoms with E-state index in [0.29, 0.717) is 16.9 Å². The van der Waals surface area contributed by atoms with Crippen molar-refractivity contribution >= 4 is 23.0 Å². The highest BCUT2D eigenvalue weighted by Gasteiger charge is 2.14. The van der Waals surface area contributed by atoms with E-state index in [1.54, 1.807) is 31.1 Å². The third-order valence-electron chi connectivity index (χ3n) is 2.87. The predicted molar refractivity (Wildman–Crippen MR) is 79.5 cm³/mol. The summed E-state index contributed by atoms with van der Waals surface area (Å²) in [4.78, 5) is 14.0. The molecule has 0 radical (unpaired) electrons. The standard InChI is InChI=1S/C15H15F2N3O/c1-20(2)14-4-3-11(18)8-13(14)15(21)19-12-6-9(16)5-10(17)7-12/h3-8H,18H2,1-2H3,(H,19,21). The molecule has 0 bridgehead atoms. The van der Waals surface area contributed by atoms with Gasteiger partial charge in [0.1, 0.15) is 11.6 Å². The average molecular weight is 291 g/mol. The fourth-order valence-corrected chi connectivity index (χ4v) is 1.95. The molecular weight excluding hydrogens is 276 g/mol. The molecule has 0 atom stereocenters. The molecule has 0 saturated carbocycles. The summed E-state index contributed by atoms with van der Waals surface area (Å²) in [7, 11) is 3.56. The average Bonchev–Trinajstić information content (AvgIpc) is 2.36. The number of carbonyl (C=O) groups is 1. The number of benzene rings is 2. The minimum absolute atomic E-state index is 0.0460. The van der Waals surface area contributed by atoms with Crippen molar-refractivity contribution in [2.75, 3.05) is 30.0 Å². The van der Waals surface area contributed by atoms with Crippen molar-refractivity contribution in [3.8, 4) is 0 Å². The second-order valence-electron chi connectivity index (χ2n) is 4.78. The molecule has 110 valence electrons. The molecule has 1 amide bonds. The molecule has 6 heteroatoms. The van der Waals surface area contributed by atoms with E-state index in [-0.39, 0.29) is 5.69 Å². The van der Waals surface area contributed by atoms with Crippen molar-refractivity contribution < 1.29 is 13.6 Å². The summed E-state index contributed by atoms with van der Waals surface area (Å²) in [6.07, 6.45) is 0. The number of amides is 1. The molecule has 0 aromatic heterocycles. The number of carbonyl (C=O) groups excluding carboxylic acids is 1. The lowest BCUT2D eigenvalue weighted by molar-refractivity contribution is 0.102. The van der Waals surface area contributed by atoms with Crippen molar-refractivity contribution in [1.29, 1.82) is 0 Å². The number of nitrogens with one attached hydrogen (secondary N) is 1. The van der Waals surface area contributed by atoms with Gasteiger partial charge < -0.3 is 16.0 Å². The maximum Gasteiger partial charge on any atom is 0.257 e. The smallest absolute Gasteiger partial charge is 0.257 e. The van der Waals surface area contributed by atoms with E-state index < -0.39 is 17.5 Å². The molecule has 0 spiro atoms. The maximum absolute atomic E-state index is 13.1. The lowest BCUT2D eigenvalue weighted by Gasteiger charge is -2.17. The van der Waals surface area contributed by atoms with Gasteiger partial charge in [-0.15, -0.1) is 0 Å². The van der Waals surface area contributed by atoms with Gasteiger partial charge in [0.15, 0.2) is 0 Å². The Morgan fingerprint density at radius 2 is 1.71 bits per heavy atom. The van der Waals surface area contributed by atoms with Crippen molar-refractivity contribution in [3.63, 3.8) is 0 Å². The van der Waals surface area contributed by atoms with Gasteiger partial charge in [-0.2, -0.15) is 0 Å². The van der Waals surface area contributed by atoms with Crippen molar-refractivity contribution in [3.05, 3.63) is 53.6 Å². The van der Waals surface area contributed by atoms with Gasteiger partial charge in [-0.25, -0.2) is 8.78 Å². The molecule has 4 nitrogen and oxygen atoms in total. The maximum atomic E-state index is 13.1. The Hall–Kier alpha value is -2.63. The fraction of sp³-hybridized carbons (Fsp3) is 0.133. The second kappa shape index (κ2) is 5.78. The van der Waals surface area contributed by atoms with Gasteiger partial charge in [0.05, 0.1) is 5.56 Å². The summed E-state index contributed by atoms with van der Waals surface area (Å²) in [5, 5.41) is 2.46. The number of hydrogen-bond acceptors (Lipinski definition) is 3. The van der Waals surface area contributed by atoms with E-state index in [1.165, 1.54) is 6.07 Å². The van der Waals surface area contributed by atoms with Crippen LogP contribution in [0.15, 0.2) is 36.4 Å². The minimum atomic E-state index is -0.759. The van der Waals surface area contributed by atoms with Crippen LogP contribution in [0.4, 0.5) is 25.8 Å². The van der Waals surface area contributed by atoms with E-state index in [0.717, 1.165) is 18.2 Å². The molecule has 2 rings (SSSR count). The van der Waals surface area contributed by atoms with E-state index in [9.17, 15) is 13.6 Å². The summed E-state index contributed by atoms with van der Waals surface area (Å²) >= 11 is 0. The van der Waals surface area contributed by atoms with Crippen LogP contribution in [0.1, 0.15) is 10.4 Å². The zero-order valence-electron chi connectivity index (χ0n) is 11.7. The van der Waals surface area contributed by atoms with Gasteiger partial charge in [0.2, 0.25) is 0 Å². The summed E-state index contributed by atoms with van der Waals surface area (Å²) < 4.78 is 26.3. The van der Waals surface area contributed by atoms with Gasteiger partial charge in [-0.05, 0) is 30.3 Å². The quantitative estimate of drug-likeness (QED) is 0.855. The number of halogens is 2. The zero-order chi connectivity index (χ0) is 15.6. The third kappa shape index (κ3) is 3.47. The molecule has 0 aliphatic rings. The summed E-state index contributed by atoms with van der Waals surface area (Å²) in [5.74, 6) is -2.01. The molecule has 0 saturated heterocycles. The molecule has 0 aliphatic carbocycles. The highest BCUT2D eigenvalue weighted by atomic mass is 19.1. The van der Waals surface area contributed by atoms with Crippen LogP contribution in [0.25, 0.3) is 0 Å². The molecule has 0 unspecified atom stereocenters. The van der Waals surface area contributed by atoms with Crippen LogP contribution in [0.5, 0.6) is 0 Å². The number of nitrogens with two attached hydrogens (primary N) is 1. The molecular formula is C15H15F2N3O. The van der Waals surface area contributed by atoms with Gasteiger partial charge in [0, 0.05) is 37.2 Å². The molecule has 2 aromatic rings. The number of nitrogens with zero attached hydrogens (tertiary/aromatic N) is 1. The number of nitrogen functional groups attached to an aromatic ring is 1. The van der Waals surface area contributed by atoms with E-state index in [2.05, 4.69) is 5.32 Å². The largest absolute Gasteiger partial charge is 0.399 e. The number of hydrogen-bond donors (Lipinski definition) is 2. The minimum Gasteiger partial charge on any atom is -0.399 e. The molecule has 2 aromatic carbocycles. The Morgan fingerprint density at radius 3 is 2.29 bits per heavy atom. The molecule has 0 fully saturated rings. The molecule has 21 heavy (non-hydrogen) atoms. The summed E-state index contributed by atoms with van der Waals surface area (Å²) in [6.45, 7) is 0. The fourth-order valence-electron chi connectivity index (χ4n) is 1.95. The van der Waals surface area contributed by atoms with Crippen LogP contribution in [0, 0.1) is 11.6 Å². The molecule has 0 aliphatic heterocycles. The van der Waals surface area contributed by atoms with Gasteiger partial charge >= 0.3 is 0 Å². The first kappa shape index (κ1) is 14.8. The Morgan fingerprint density at radius 1 is 1.10 bits per heavy atom. The van der Waals surface area contributed by atoms with E-state index in [1.807, 2.05) is 0 Å². The van der Waals surface area contributed by atoms with Crippen LogP contribution >= 0.6 is 0 Å². The van der Waals surface area contributed by atoms with Gasteiger partial charge in [0.25, 0.3) is 5.91 Å².